The fourth-order valence-corrected chi connectivity index (χ4v) is 3.34. The van der Waals surface area contributed by atoms with Crippen LogP contribution in [0, 0.1) is 13.8 Å². The minimum atomic E-state index is 0.534. The molecule has 138 valence electrons. The zero-order chi connectivity index (χ0) is 18.6. The van der Waals surface area contributed by atoms with Gasteiger partial charge in [-0.15, -0.1) is 5.10 Å². The summed E-state index contributed by atoms with van der Waals surface area (Å²) in [7, 11) is 0. The fraction of sp³-hybridized carbons (Fsp3) is 0.286. The third kappa shape index (κ3) is 3.84. The predicted octanol–water partition coefficient (Wildman–Crippen LogP) is 3.56. The van der Waals surface area contributed by atoms with E-state index in [0.717, 1.165) is 37.7 Å². The van der Waals surface area contributed by atoms with Gasteiger partial charge in [0.2, 0.25) is 5.95 Å². The molecule has 3 aromatic rings. The lowest BCUT2D eigenvalue weighted by molar-refractivity contribution is 0.645. The summed E-state index contributed by atoms with van der Waals surface area (Å²) in [6, 6.07) is 16.7. The molecule has 1 aliphatic rings. The number of nitrogens with one attached hydrogen (secondary N) is 1. The standard InChI is InChI=1S/C21H24N6/c1-16-7-6-10-19(17(16)2)23-21-24-20(15-22-25-21)27-13-11-26(12-14-27)18-8-4-3-5-9-18/h3-10,15H,11-14H2,1-2H3,(H,23,24,25). The van der Waals surface area contributed by atoms with Gasteiger partial charge in [0, 0.05) is 37.6 Å². The number of hydrogen-bond acceptors (Lipinski definition) is 6. The molecule has 6 nitrogen and oxygen atoms in total. The van der Waals surface area contributed by atoms with Gasteiger partial charge in [0.05, 0.1) is 6.20 Å². The van der Waals surface area contributed by atoms with E-state index in [1.165, 1.54) is 16.8 Å². The molecule has 0 unspecified atom stereocenters. The van der Waals surface area contributed by atoms with Gasteiger partial charge in [-0.1, -0.05) is 30.3 Å². The normalized spacial score (nSPS) is 14.3. The summed E-state index contributed by atoms with van der Waals surface area (Å²) in [5.74, 6) is 1.40. The van der Waals surface area contributed by atoms with Crippen LogP contribution in [-0.4, -0.2) is 41.4 Å². The quantitative estimate of drug-likeness (QED) is 0.768. The van der Waals surface area contributed by atoms with E-state index < -0.39 is 0 Å². The van der Waals surface area contributed by atoms with E-state index in [9.17, 15) is 0 Å². The van der Waals surface area contributed by atoms with Crippen molar-refractivity contribution in [2.75, 3.05) is 41.3 Å². The summed E-state index contributed by atoms with van der Waals surface area (Å²) in [5.41, 5.74) is 4.72. The number of para-hydroxylation sites is 1. The first-order chi connectivity index (χ1) is 13.2. The van der Waals surface area contributed by atoms with Crippen LogP contribution in [0.5, 0.6) is 0 Å². The Kier molecular flexibility index (Phi) is 4.87. The SMILES string of the molecule is Cc1cccc(Nc2nncc(N3CCN(c4ccccc4)CC3)n2)c1C. The van der Waals surface area contributed by atoms with Crippen molar-refractivity contribution >= 4 is 23.1 Å². The molecular formula is C21H24N6. The van der Waals surface area contributed by atoms with E-state index in [1.807, 2.05) is 12.1 Å². The predicted molar refractivity (Wildman–Crippen MR) is 110 cm³/mol. The molecule has 2 heterocycles. The molecular weight excluding hydrogens is 336 g/mol. The van der Waals surface area contributed by atoms with Crippen LogP contribution in [0.3, 0.4) is 0 Å². The molecule has 0 spiro atoms. The molecule has 6 heteroatoms. The highest BCUT2D eigenvalue weighted by Gasteiger charge is 2.19. The van der Waals surface area contributed by atoms with Gasteiger partial charge in [0.15, 0.2) is 5.82 Å². The molecule has 0 bridgehead atoms. The molecule has 0 radical (unpaired) electrons. The highest BCUT2D eigenvalue weighted by Crippen LogP contribution is 2.22. The summed E-state index contributed by atoms with van der Waals surface area (Å²) in [5, 5.41) is 11.6. The van der Waals surface area contributed by atoms with Gasteiger partial charge in [-0.25, -0.2) is 0 Å². The van der Waals surface area contributed by atoms with Crippen molar-refractivity contribution in [3.8, 4) is 0 Å². The minimum Gasteiger partial charge on any atom is -0.368 e. The second kappa shape index (κ2) is 7.61. The van der Waals surface area contributed by atoms with Crippen molar-refractivity contribution in [3.63, 3.8) is 0 Å². The van der Waals surface area contributed by atoms with Crippen molar-refractivity contribution in [2.45, 2.75) is 13.8 Å². The number of piperazine rings is 1. The maximum atomic E-state index is 4.68. The van der Waals surface area contributed by atoms with Gasteiger partial charge in [0.25, 0.3) is 0 Å². The number of rotatable bonds is 4. The van der Waals surface area contributed by atoms with E-state index in [1.54, 1.807) is 6.20 Å². The Balaban J connectivity index is 1.45. The minimum absolute atomic E-state index is 0.534. The first-order valence-electron chi connectivity index (χ1n) is 9.28. The Bertz CT molecular complexity index is 904. The van der Waals surface area contributed by atoms with Gasteiger partial charge in [-0.2, -0.15) is 10.1 Å². The van der Waals surface area contributed by atoms with Gasteiger partial charge in [0.1, 0.15) is 0 Å². The van der Waals surface area contributed by atoms with Crippen molar-refractivity contribution in [1.82, 2.24) is 15.2 Å². The molecule has 1 aromatic heterocycles. The van der Waals surface area contributed by atoms with Crippen molar-refractivity contribution in [1.29, 1.82) is 0 Å². The molecule has 1 saturated heterocycles. The Labute approximate surface area is 159 Å². The first-order valence-corrected chi connectivity index (χ1v) is 9.28. The molecule has 0 atom stereocenters. The van der Waals surface area contributed by atoms with Gasteiger partial charge >= 0.3 is 0 Å². The van der Waals surface area contributed by atoms with Gasteiger partial charge < -0.3 is 15.1 Å². The summed E-state index contributed by atoms with van der Waals surface area (Å²) in [6.45, 7) is 7.95. The molecule has 1 aliphatic heterocycles. The lowest BCUT2D eigenvalue weighted by Crippen LogP contribution is -2.46. The Hall–Kier alpha value is -3.15. The van der Waals surface area contributed by atoms with Gasteiger partial charge in [-0.05, 0) is 43.2 Å². The molecule has 1 N–H and O–H groups in total. The molecule has 1 fully saturated rings. The molecule has 4 rings (SSSR count). The molecule has 0 amide bonds. The largest absolute Gasteiger partial charge is 0.368 e. The van der Waals surface area contributed by atoms with Crippen LogP contribution in [0.2, 0.25) is 0 Å². The van der Waals surface area contributed by atoms with Gasteiger partial charge in [-0.3, -0.25) is 0 Å². The second-order valence-corrected chi connectivity index (χ2v) is 6.82. The number of nitrogens with zero attached hydrogens (tertiary/aromatic N) is 5. The maximum absolute atomic E-state index is 4.68. The molecule has 27 heavy (non-hydrogen) atoms. The molecule has 2 aromatic carbocycles. The van der Waals surface area contributed by atoms with Crippen molar-refractivity contribution in [2.24, 2.45) is 0 Å². The van der Waals surface area contributed by atoms with E-state index in [2.05, 4.69) is 80.5 Å². The fourth-order valence-electron chi connectivity index (χ4n) is 3.34. The topological polar surface area (TPSA) is 57.2 Å². The van der Waals surface area contributed by atoms with Crippen molar-refractivity contribution in [3.05, 3.63) is 65.9 Å². The highest BCUT2D eigenvalue weighted by molar-refractivity contribution is 5.60. The zero-order valence-corrected chi connectivity index (χ0v) is 15.8. The van der Waals surface area contributed by atoms with E-state index >= 15 is 0 Å². The summed E-state index contributed by atoms with van der Waals surface area (Å²) in [6.07, 6.45) is 1.74. The van der Waals surface area contributed by atoms with Crippen LogP contribution < -0.4 is 15.1 Å². The number of aromatic nitrogens is 3. The van der Waals surface area contributed by atoms with Crippen LogP contribution >= 0.6 is 0 Å². The number of benzene rings is 2. The Morgan fingerprint density at radius 2 is 1.59 bits per heavy atom. The summed E-state index contributed by atoms with van der Waals surface area (Å²) >= 11 is 0. The first kappa shape index (κ1) is 17.3. The van der Waals surface area contributed by atoms with E-state index in [-0.39, 0.29) is 0 Å². The van der Waals surface area contributed by atoms with E-state index in [4.69, 9.17) is 0 Å². The zero-order valence-electron chi connectivity index (χ0n) is 15.8. The smallest absolute Gasteiger partial charge is 0.249 e. The third-order valence-corrected chi connectivity index (χ3v) is 5.12. The molecule has 0 aliphatic carbocycles. The summed E-state index contributed by atoms with van der Waals surface area (Å²) in [4.78, 5) is 9.35. The Morgan fingerprint density at radius 1 is 0.852 bits per heavy atom. The monoisotopic (exact) mass is 360 g/mol. The lowest BCUT2D eigenvalue weighted by atomic mass is 10.1. The number of hydrogen-bond donors (Lipinski definition) is 1. The third-order valence-electron chi connectivity index (χ3n) is 5.12. The average Bonchev–Trinajstić information content (AvgIpc) is 2.72. The lowest BCUT2D eigenvalue weighted by Gasteiger charge is -2.36. The van der Waals surface area contributed by atoms with Crippen LogP contribution in [0.15, 0.2) is 54.7 Å². The molecule has 0 saturated carbocycles. The highest BCUT2D eigenvalue weighted by atomic mass is 15.3. The second-order valence-electron chi connectivity index (χ2n) is 6.82. The number of anilines is 4. The van der Waals surface area contributed by atoms with Crippen LogP contribution in [0.4, 0.5) is 23.1 Å². The van der Waals surface area contributed by atoms with E-state index in [0.29, 0.717) is 5.95 Å². The average molecular weight is 360 g/mol. The number of aryl methyl sites for hydroxylation is 1. The maximum Gasteiger partial charge on any atom is 0.249 e. The van der Waals surface area contributed by atoms with Crippen LogP contribution in [0.25, 0.3) is 0 Å². The summed E-state index contributed by atoms with van der Waals surface area (Å²) < 4.78 is 0. The van der Waals surface area contributed by atoms with Crippen molar-refractivity contribution < 1.29 is 0 Å². The van der Waals surface area contributed by atoms with Crippen LogP contribution in [-0.2, 0) is 0 Å². The Morgan fingerprint density at radius 3 is 2.37 bits per heavy atom. The van der Waals surface area contributed by atoms with Crippen LogP contribution in [0.1, 0.15) is 11.1 Å².